The van der Waals surface area contributed by atoms with Gasteiger partial charge in [0.25, 0.3) is 21.2 Å². The molecule has 3 unspecified atom stereocenters. The Morgan fingerprint density at radius 3 is 2.51 bits per heavy atom. The number of nitrogens with one attached hydrogen (secondary N) is 1. The Balaban J connectivity index is 1.59. The molecule has 2 fully saturated rings. The van der Waals surface area contributed by atoms with Crippen molar-refractivity contribution in [2.75, 3.05) is 13.2 Å². The first kappa shape index (κ1) is 28.3. The molecule has 0 aliphatic carbocycles. The predicted octanol–water partition coefficient (Wildman–Crippen LogP) is -3.69. The molecule has 200 valence electrons. The molecular weight excluding hydrogens is 522 g/mol. The molecule has 1 aromatic rings. The molecule has 2 saturated heterocycles. The van der Waals surface area contributed by atoms with E-state index in [0.29, 0.717) is 0 Å². The molecule has 5 N–H and O–H groups in total. The molecule has 9 atom stereocenters. The number of ether oxygens (including phenoxy) is 2. The van der Waals surface area contributed by atoms with Gasteiger partial charge in [-0.1, -0.05) is 0 Å². The minimum absolute atomic E-state index is 0.175. The van der Waals surface area contributed by atoms with Gasteiger partial charge in [0.2, 0.25) is 0 Å². The third kappa shape index (κ3) is 6.17. The molecule has 3 heterocycles. The normalized spacial score (nSPS) is 36.7. The summed E-state index contributed by atoms with van der Waals surface area (Å²) in [5.41, 5.74) is -3.56. The van der Waals surface area contributed by atoms with Crippen LogP contribution in [0, 0.1) is 6.92 Å². The van der Waals surface area contributed by atoms with Crippen molar-refractivity contribution in [3.8, 4) is 0 Å². The second-order valence-electron chi connectivity index (χ2n) is 8.03. The van der Waals surface area contributed by atoms with Gasteiger partial charge in [0.05, 0.1) is 25.4 Å². The lowest BCUT2D eigenvalue weighted by molar-refractivity contribution is -0.258. The summed E-state index contributed by atoms with van der Waals surface area (Å²) in [6.07, 6.45) is -8.20. The van der Waals surface area contributed by atoms with Gasteiger partial charge in [0.15, 0.2) is 6.29 Å². The van der Waals surface area contributed by atoms with Crippen LogP contribution in [0.5, 0.6) is 0 Å². The molecule has 0 radical (unpaired) electrons. The molecule has 35 heavy (non-hydrogen) atoms. The fourth-order valence-electron chi connectivity index (χ4n) is 3.47. The average Bonchev–Trinajstić information content (AvgIpc) is 3.21. The number of hydrogen-bond acceptors (Lipinski definition) is 15. The average molecular weight is 546 g/mol. The summed E-state index contributed by atoms with van der Waals surface area (Å²) in [6.45, 7) is 0.691. The molecule has 3 rings (SSSR count). The Bertz CT molecular complexity index is 1140. The zero-order chi connectivity index (χ0) is 26.3. The number of aromatic nitrogens is 2. The number of H-pyrrole nitrogens is 1. The number of aromatic amines is 1. The Morgan fingerprint density at radius 2 is 1.91 bits per heavy atom. The zero-order valence-corrected chi connectivity index (χ0v) is 20.1. The van der Waals surface area contributed by atoms with E-state index in [1.54, 1.807) is 0 Å². The van der Waals surface area contributed by atoms with Gasteiger partial charge in [-0.15, -0.1) is 0 Å². The van der Waals surface area contributed by atoms with Crippen molar-refractivity contribution in [2.24, 2.45) is 0 Å². The fourth-order valence-corrected chi connectivity index (χ4v) is 5.54. The summed E-state index contributed by atoms with van der Waals surface area (Å²) in [5.74, 6) is 0. The molecule has 2 aliphatic rings. The van der Waals surface area contributed by atoms with E-state index in [0.717, 1.165) is 4.57 Å². The van der Waals surface area contributed by atoms with E-state index < -0.39 is 82.6 Å². The van der Waals surface area contributed by atoms with Crippen LogP contribution in [0.15, 0.2) is 15.8 Å². The van der Waals surface area contributed by atoms with Crippen molar-refractivity contribution < 1.29 is 62.2 Å². The van der Waals surface area contributed by atoms with Crippen LogP contribution < -0.4 is 21.0 Å². The number of aryl methyl sites for hydroxylation is 1. The van der Waals surface area contributed by atoms with E-state index in [9.17, 15) is 48.9 Å². The number of phosphoric acid groups is 2. The highest BCUT2D eigenvalue weighted by Gasteiger charge is 2.54. The van der Waals surface area contributed by atoms with Gasteiger partial charge >= 0.3 is 5.69 Å². The lowest BCUT2D eigenvalue weighted by Crippen LogP contribution is -2.50. The smallest absolute Gasteiger partial charge is 0.330 e. The van der Waals surface area contributed by atoms with Crippen molar-refractivity contribution in [3.63, 3.8) is 0 Å². The predicted molar refractivity (Wildman–Crippen MR) is 106 cm³/mol. The first-order valence-electron chi connectivity index (χ1n) is 10.1. The lowest BCUT2D eigenvalue weighted by atomic mass is 9.95. The van der Waals surface area contributed by atoms with E-state index >= 15 is 0 Å². The molecule has 0 bridgehead atoms. The van der Waals surface area contributed by atoms with Crippen molar-refractivity contribution >= 4 is 15.6 Å². The van der Waals surface area contributed by atoms with Crippen molar-refractivity contribution in [1.29, 1.82) is 0 Å². The number of rotatable bonds is 9. The highest BCUT2D eigenvalue weighted by atomic mass is 31.3. The third-order valence-corrected chi connectivity index (χ3v) is 8.09. The largest absolute Gasteiger partial charge is 0.756 e. The number of phosphoric ester groups is 2. The van der Waals surface area contributed by atoms with E-state index in [-0.39, 0.29) is 12.0 Å². The van der Waals surface area contributed by atoms with Crippen molar-refractivity contribution in [3.05, 3.63) is 32.6 Å². The van der Waals surface area contributed by atoms with Crippen LogP contribution >= 0.6 is 15.6 Å². The molecule has 1 aromatic heterocycles. The number of aliphatic hydroxyl groups is 4. The van der Waals surface area contributed by atoms with Crippen LogP contribution in [0.4, 0.5) is 0 Å². The van der Waals surface area contributed by atoms with E-state index in [2.05, 4.69) is 13.4 Å². The van der Waals surface area contributed by atoms with Gasteiger partial charge in [-0.3, -0.25) is 28.0 Å². The molecule has 19 heteroatoms. The van der Waals surface area contributed by atoms with Gasteiger partial charge in [-0.2, -0.15) is 0 Å². The van der Waals surface area contributed by atoms with Crippen LogP contribution in [-0.2, 0) is 32.0 Å². The highest BCUT2D eigenvalue weighted by molar-refractivity contribution is 7.59. The molecule has 0 aromatic carbocycles. The van der Waals surface area contributed by atoms with Crippen molar-refractivity contribution in [1.82, 2.24) is 9.55 Å². The maximum absolute atomic E-state index is 12.0. The van der Waals surface area contributed by atoms with Gasteiger partial charge in [-0.05, 0) is 13.8 Å². The van der Waals surface area contributed by atoms with Crippen LogP contribution in [0.2, 0.25) is 0 Å². The second kappa shape index (κ2) is 10.2. The summed E-state index contributed by atoms with van der Waals surface area (Å²) in [6, 6.07) is 0. The Kier molecular flexibility index (Phi) is 8.26. The van der Waals surface area contributed by atoms with Crippen LogP contribution in [0.1, 0.15) is 25.1 Å². The number of nitrogens with zero attached hydrogens (tertiary/aromatic N) is 1. The standard InChI is InChI=1S/C16H26N2O15P2/c1-7-4-18(15(23)17-13(7)22)11-3-9(20)10(31-11)5-29-34(25,26)33-35(27,28)32-14-12(21)16(24,6-19)8(2)30-14/h4,8-12,14,19-21,24H,3,5-6H2,1-2H3,(H,25,26)(H,27,28)(H,17,22,23)/p-2/t8-,9-,10+,11+,12-,14?,16+/m0/s1. The van der Waals surface area contributed by atoms with E-state index in [1.165, 1.54) is 20.0 Å². The maximum atomic E-state index is 12.0. The number of hydrogen-bond donors (Lipinski definition) is 5. The molecule has 0 saturated carbocycles. The van der Waals surface area contributed by atoms with Gasteiger partial charge in [-0.25, -0.2) is 9.11 Å². The van der Waals surface area contributed by atoms with Gasteiger partial charge in [0, 0.05) is 18.2 Å². The van der Waals surface area contributed by atoms with Gasteiger partial charge < -0.3 is 44.2 Å². The number of aliphatic hydroxyl groups excluding tert-OH is 3. The Labute approximate surface area is 196 Å². The summed E-state index contributed by atoms with van der Waals surface area (Å²) in [4.78, 5) is 49.5. The van der Waals surface area contributed by atoms with Crippen molar-refractivity contribution in [2.45, 2.75) is 62.8 Å². The lowest BCUT2D eigenvalue weighted by Gasteiger charge is -2.33. The topological polar surface area (TPSA) is 262 Å². The molecular formula is C16H24N2O15P2-2. The van der Waals surface area contributed by atoms with E-state index in [4.69, 9.17) is 9.47 Å². The maximum Gasteiger partial charge on any atom is 0.330 e. The zero-order valence-electron chi connectivity index (χ0n) is 18.3. The SMILES string of the molecule is Cc1cn([C@H]2C[C@H](O)[C@@H](COP(=O)([O-])OP(=O)([O-])OC3O[C@@H](C)[C@](O)(CO)[C@H]3O)O2)c(=O)[nH]c1=O. The van der Waals surface area contributed by atoms with E-state index in [1.807, 2.05) is 4.98 Å². The minimum Gasteiger partial charge on any atom is -0.756 e. The van der Waals surface area contributed by atoms with Crippen LogP contribution in [-0.4, -0.2) is 79.5 Å². The quantitative estimate of drug-likeness (QED) is 0.187. The Hall–Kier alpha value is -1.30. The highest BCUT2D eigenvalue weighted by Crippen LogP contribution is 2.57. The summed E-state index contributed by atoms with van der Waals surface area (Å²) in [7, 11) is -11.4. The molecule has 0 amide bonds. The van der Waals surface area contributed by atoms with Crippen LogP contribution in [0.3, 0.4) is 0 Å². The fraction of sp³-hybridized carbons (Fsp3) is 0.750. The molecule has 17 nitrogen and oxygen atoms in total. The molecule has 2 aliphatic heterocycles. The first-order chi connectivity index (χ1) is 16.1. The minimum atomic E-state index is -5.76. The summed E-state index contributed by atoms with van der Waals surface area (Å²) < 4.78 is 48.0. The van der Waals surface area contributed by atoms with Gasteiger partial charge in [0.1, 0.15) is 24.0 Å². The monoisotopic (exact) mass is 546 g/mol. The Morgan fingerprint density at radius 1 is 1.26 bits per heavy atom. The molecule has 0 spiro atoms. The third-order valence-electron chi connectivity index (χ3n) is 5.56. The summed E-state index contributed by atoms with van der Waals surface area (Å²) in [5, 5.41) is 39.3. The first-order valence-corrected chi connectivity index (χ1v) is 13.0. The van der Waals surface area contributed by atoms with Crippen LogP contribution in [0.25, 0.3) is 0 Å². The summed E-state index contributed by atoms with van der Waals surface area (Å²) >= 11 is 0. The second-order valence-corrected chi connectivity index (χ2v) is 10.9.